The molecular weight excluding hydrogens is 236 g/mol. The zero-order valence-corrected chi connectivity index (χ0v) is 10.7. The maximum atomic E-state index is 11.8. The van der Waals surface area contributed by atoms with E-state index in [4.69, 9.17) is 4.74 Å². The minimum Gasteiger partial charge on any atom is -0.422 e. The van der Waals surface area contributed by atoms with Crippen LogP contribution in [0.1, 0.15) is 28.4 Å². The Bertz CT molecular complexity index is 654. The van der Waals surface area contributed by atoms with Crippen LogP contribution in [0.3, 0.4) is 0 Å². The van der Waals surface area contributed by atoms with Crippen molar-refractivity contribution in [2.75, 3.05) is 0 Å². The molecule has 2 heteroatoms. The van der Waals surface area contributed by atoms with Crippen LogP contribution >= 0.6 is 0 Å². The van der Waals surface area contributed by atoms with Gasteiger partial charge in [0.05, 0.1) is 5.56 Å². The first-order valence-electron chi connectivity index (χ1n) is 6.31. The summed E-state index contributed by atoms with van der Waals surface area (Å²) < 4.78 is 5.41. The zero-order chi connectivity index (χ0) is 13.2. The molecule has 0 amide bonds. The normalized spacial score (nSPS) is 15.9. The molecule has 0 saturated heterocycles. The number of benzene rings is 2. The molecule has 0 fully saturated rings. The quantitative estimate of drug-likeness (QED) is 0.757. The summed E-state index contributed by atoms with van der Waals surface area (Å²) in [6, 6.07) is 17.7. The van der Waals surface area contributed by atoms with E-state index in [0.29, 0.717) is 11.3 Å². The molecule has 0 atom stereocenters. The van der Waals surface area contributed by atoms with Gasteiger partial charge in [-0.1, -0.05) is 48.5 Å². The molecule has 2 nitrogen and oxygen atoms in total. The fraction of sp³-hybridized carbons (Fsp3) is 0.118. The van der Waals surface area contributed by atoms with E-state index < -0.39 is 0 Å². The van der Waals surface area contributed by atoms with Gasteiger partial charge in [-0.3, -0.25) is 0 Å². The number of fused-ring (bicyclic) bond motifs is 1. The molecule has 1 aliphatic heterocycles. The van der Waals surface area contributed by atoms with E-state index in [1.165, 1.54) is 5.56 Å². The van der Waals surface area contributed by atoms with E-state index in [1.807, 2.05) is 43.3 Å². The van der Waals surface area contributed by atoms with Gasteiger partial charge >= 0.3 is 5.97 Å². The third kappa shape index (κ3) is 2.17. The SMILES string of the molecule is C/C(Cc1ccccc1)=C1/OC(=O)c2ccccc21. The summed E-state index contributed by atoms with van der Waals surface area (Å²) in [5, 5.41) is 0. The fourth-order valence-corrected chi connectivity index (χ4v) is 2.36. The van der Waals surface area contributed by atoms with Crippen LogP contribution in [-0.2, 0) is 11.2 Å². The lowest BCUT2D eigenvalue weighted by Crippen LogP contribution is -1.94. The van der Waals surface area contributed by atoms with Gasteiger partial charge in [0.15, 0.2) is 0 Å². The van der Waals surface area contributed by atoms with Crippen molar-refractivity contribution < 1.29 is 9.53 Å². The van der Waals surface area contributed by atoms with Crippen LogP contribution < -0.4 is 0 Å². The summed E-state index contributed by atoms with van der Waals surface area (Å²) in [6.45, 7) is 2.01. The number of carbonyl (C=O) groups excluding carboxylic acids is 1. The lowest BCUT2D eigenvalue weighted by molar-refractivity contribution is 0.0714. The van der Waals surface area contributed by atoms with Gasteiger partial charge in [0, 0.05) is 5.56 Å². The molecule has 0 unspecified atom stereocenters. The maximum absolute atomic E-state index is 11.8. The molecule has 2 aromatic carbocycles. The molecule has 2 aromatic rings. The molecule has 0 bridgehead atoms. The Kier molecular flexibility index (Phi) is 2.92. The highest BCUT2D eigenvalue weighted by Gasteiger charge is 2.27. The predicted molar refractivity (Wildman–Crippen MR) is 74.6 cm³/mol. The largest absolute Gasteiger partial charge is 0.422 e. The van der Waals surface area contributed by atoms with E-state index in [9.17, 15) is 4.79 Å². The number of hydrogen-bond donors (Lipinski definition) is 0. The lowest BCUT2D eigenvalue weighted by Gasteiger charge is -2.06. The summed E-state index contributed by atoms with van der Waals surface area (Å²) in [7, 11) is 0. The highest BCUT2D eigenvalue weighted by atomic mass is 16.5. The summed E-state index contributed by atoms with van der Waals surface area (Å²) in [6.07, 6.45) is 0.789. The summed E-state index contributed by atoms with van der Waals surface area (Å²) in [5.41, 5.74) is 3.85. The Hall–Kier alpha value is -2.35. The van der Waals surface area contributed by atoms with Crippen molar-refractivity contribution in [3.63, 3.8) is 0 Å². The van der Waals surface area contributed by atoms with E-state index in [2.05, 4.69) is 12.1 Å². The van der Waals surface area contributed by atoms with E-state index in [0.717, 1.165) is 17.6 Å². The van der Waals surface area contributed by atoms with Gasteiger partial charge in [0.25, 0.3) is 0 Å². The first kappa shape index (κ1) is 11.7. The molecule has 0 radical (unpaired) electrons. The van der Waals surface area contributed by atoms with Crippen LogP contribution in [0.25, 0.3) is 5.76 Å². The Labute approximate surface area is 112 Å². The number of carbonyl (C=O) groups is 1. The van der Waals surface area contributed by atoms with Crippen molar-refractivity contribution in [3.05, 3.63) is 76.9 Å². The van der Waals surface area contributed by atoms with Gasteiger partial charge < -0.3 is 4.74 Å². The second kappa shape index (κ2) is 4.73. The topological polar surface area (TPSA) is 26.3 Å². The van der Waals surface area contributed by atoms with E-state index in [1.54, 1.807) is 6.07 Å². The highest BCUT2D eigenvalue weighted by Crippen LogP contribution is 2.32. The molecule has 0 aliphatic carbocycles. The summed E-state index contributed by atoms with van der Waals surface area (Å²) in [5.74, 6) is 0.461. The Morgan fingerprint density at radius 2 is 1.58 bits per heavy atom. The molecule has 0 saturated carbocycles. The number of ether oxygens (including phenoxy) is 1. The molecule has 0 aromatic heterocycles. The molecule has 1 heterocycles. The molecular formula is C17H14O2. The Balaban J connectivity index is 1.98. The number of allylic oxidation sites excluding steroid dienone is 1. The zero-order valence-electron chi connectivity index (χ0n) is 10.7. The monoisotopic (exact) mass is 250 g/mol. The first-order valence-corrected chi connectivity index (χ1v) is 6.31. The molecule has 0 spiro atoms. The smallest absolute Gasteiger partial charge is 0.344 e. The van der Waals surface area contributed by atoms with Crippen molar-refractivity contribution in [1.29, 1.82) is 0 Å². The molecule has 19 heavy (non-hydrogen) atoms. The number of hydrogen-bond acceptors (Lipinski definition) is 2. The second-order valence-corrected chi connectivity index (χ2v) is 4.71. The average molecular weight is 250 g/mol. The number of rotatable bonds is 2. The lowest BCUT2D eigenvalue weighted by atomic mass is 10.0. The van der Waals surface area contributed by atoms with Crippen LogP contribution in [0, 0.1) is 0 Å². The first-order chi connectivity index (χ1) is 9.25. The van der Waals surface area contributed by atoms with Gasteiger partial charge in [0.2, 0.25) is 0 Å². The minimum atomic E-state index is -0.252. The minimum absolute atomic E-state index is 0.252. The maximum Gasteiger partial charge on any atom is 0.344 e. The fourth-order valence-electron chi connectivity index (χ4n) is 2.36. The van der Waals surface area contributed by atoms with Crippen molar-refractivity contribution in [1.82, 2.24) is 0 Å². The average Bonchev–Trinajstić information content (AvgIpc) is 2.78. The van der Waals surface area contributed by atoms with Gasteiger partial charge in [-0.2, -0.15) is 0 Å². The van der Waals surface area contributed by atoms with Gasteiger partial charge in [-0.25, -0.2) is 4.79 Å². The van der Waals surface area contributed by atoms with Crippen molar-refractivity contribution >= 4 is 11.7 Å². The number of esters is 1. The Morgan fingerprint density at radius 1 is 0.947 bits per heavy atom. The van der Waals surface area contributed by atoms with E-state index in [-0.39, 0.29) is 5.97 Å². The van der Waals surface area contributed by atoms with Crippen molar-refractivity contribution in [2.45, 2.75) is 13.3 Å². The standard InChI is InChI=1S/C17H14O2/c1-12(11-13-7-3-2-4-8-13)16-14-9-5-6-10-15(14)17(18)19-16/h2-10H,11H2,1H3/b16-12-. The van der Waals surface area contributed by atoms with Crippen molar-refractivity contribution in [3.8, 4) is 0 Å². The van der Waals surface area contributed by atoms with Gasteiger partial charge in [-0.05, 0) is 30.5 Å². The van der Waals surface area contributed by atoms with Crippen molar-refractivity contribution in [2.24, 2.45) is 0 Å². The molecule has 1 aliphatic rings. The predicted octanol–water partition coefficient (Wildman–Crippen LogP) is 3.83. The second-order valence-electron chi connectivity index (χ2n) is 4.71. The van der Waals surface area contributed by atoms with Gasteiger partial charge in [-0.15, -0.1) is 0 Å². The van der Waals surface area contributed by atoms with Gasteiger partial charge in [0.1, 0.15) is 5.76 Å². The summed E-state index contributed by atoms with van der Waals surface area (Å²) in [4.78, 5) is 11.8. The van der Waals surface area contributed by atoms with Crippen LogP contribution in [0.2, 0.25) is 0 Å². The van der Waals surface area contributed by atoms with Crippen LogP contribution in [0.15, 0.2) is 60.2 Å². The van der Waals surface area contributed by atoms with Crippen LogP contribution in [0.5, 0.6) is 0 Å². The van der Waals surface area contributed by atoms with E-state index >= 15 is 0 Å². The summed E-state index contributed by atoms with van der Waals surface area (Å²) >= 11 is 0. The molecule has 0 N–H and O–H groups in total. The third-order valence-electron chi connectivity index (χ3n) is 3.29. The van der Waals surface area contributed by atoms with Crippen LogP contribution in [-0.4, -0.2) is 5.97 Å². The highest BCUT2D eigenvalue weighted by molar-refractivity contribution is 6.03. The molecule has 3 rings (SSSR count). The van der Waals surface area contributed by atoms with Crippen LogP contribution in [0.4, 0.5) is 0 Å². The molecule has 94 valence electrons. The third-order valence-corrected chi connectivity index (χ3v) is 3.29. The number of cyclic esters (lactones) is 1. The Morgan fingerprint density at radius 3 is 2.32 bits per heavy atom.